The van der Waals surface area contributed by atoms with Gasteiger partial charge in [-0.15, -0.1) is 0 Å². The number of rotatable bonds is 5. The van der Waals surface area contributed by atoms with E-state index >= 15 is 0 Å². The first-order valence-electron chi connectivity index (χ1n) is 6.08. The molecule has 0 spiro atoms. The van der Waals surface area contributed by atoms with Crippen LogP contribution in [0.3, 0.4) is 0 Å². The molecule has 15 heavy (non-hydrogen) atoms. The summed E-state index contributed by atoms with van der Waals surface area (Å²) < 4.78 is 5.34. The molecule has 0 aromatic heterocycles. The molecule has 2 atom stereocenters. The first-order chi connectivity index (χ1) is 7.05. The summed E-state index contributed by atoms with van der Waals surface area (Å²) in [4.78, 5) is 0. The Morgan fingerprint density at radius 2 is 2.07 bits per heavy atom. The van der Waals surface area contributed by atoms with Crippen molar-refractivity contribution in [2.45, 2.75) is 51.7 Å². The summed E-state index contributed by atoms with van der Waals surface area (Å²) in [7, 11) is 0. The Morgan fingerprint density at radius 1 is 1.47 bits per heavy atom. The van der Waals surface area contributed by atoms with Gasteiger partial charge in [-0.3, -0.25) is 0 Å². The second-order valence-corrected chi connectivity index (χ2v) is 4.97. The lowest BCUT2D eigenvalue weighted by molar-refractivity contribution is 0.0359. The molecule has 0 aromatic rings. The molecular weight excluding hydrogens is 190 g/mol. The Kier molecular flexibility index (Phi) is 5.03. The third-order valence-electron chi connectivity index (χ3n) is 3.54. The van der Waals surface area contributed by atoms with Gasteiger partial charge in [0.05, 0.1) is 5.60 Å². The van der Waals surface area contributed by atoms with Gasteiger partial charge in [-0.25, -0.2) is 0 Å². The molecule has 0 aliphatic carbocycles. The lowest BCUT2D eigenvalue weighted by atomic mass is 9.92. The summed E-state index contributed by atoms with van der Waals surface area (Å²) in [6, 6.07) is 0.479. The van der Waals surface area contributed by atoms with Crippen molar-refractivity contribution in [3.63, 3.8) is 0 Å². The summed E-state index contributed by atoms with van der Waals surface area (Å²) >= 11 is 0. The first-order valence-corrected chi connectivity index (χ1v) is 6.08. The number of aliphatic hydroxyl groups is 1. The lowest BCUT2D eigenvalue weighted by Crippen LogP contribution is -2.44. The van der Waals surface area contributed by atoms with Crippen molar-refractivity contribution in [2.75, 3.05) is 19.8 Å². The van der Waals surface area contributed by atoms with Gasteiger partial charge in [-0.2, -0.15) is 0 Å². The van der Waals surface area contributed by atoms with Crippen LogP contribution in [0, 0.1) is 5.92 Å². The van der Waals surface area contributed by atoms with E-state index in [1.165, 1.54) is 0 Å². The van der Waals surface area contributed by atoms with Crippen LogP contribution in [0.1, 0.15) is 40.0 Å². The SMILES string of the molecule is CCC(C)(O)CNC(C)C1CCOCC1. The molecule has 1 saturated heterocycles. The number of hydrogen-bond acceptors (Lipinski definition) is 3. The van der Waals surface area contributed by atoms with Crippen LogP contribution < -0.4 is 5.32 Å². The molecule has 0 saturated carbocycles. The van der Waals surface area contributed by atoms with E-state index in [4.69, 9.17) is 4.74 Å². The molecule has 3 nitrogen and oxygen atoms in total. The largest absolute Gasteiger partial charge is 0.389 e. The predicted molar refractivity (Wildman–Crippen MR) is 61.9 cm³/mol. The van der Waals surface area contributed by atoms with Gasteiger partial charge >= 0.3 is 0 Å². The number of nitrogens with one attached hydrogen (secondary N) is 1. The highest BCUT2D eigenvalue weighted by Crippen LogP contribution is 2.19. The molecule has 0 radical (unpaired) electrons. The lowest BCUT2D eigenvalue weighted by Gasteiger charge is -2.31. The standard InChI is InChI=1S/C12H25NO2/c1-4-12(3,14)9-13-10(2)11-5-7-15-8-6-11/h10-11,13-14H,4-9H2,1-3H3. The maximum atomic E-state index is 9.88. The third kappa shape index (κ3) is 4.49. The Balaban J connectivity index is 2.25. The van der Waals surface area contributed by atoms with E-state index in [1.807, 2.05) is 13.8 Å². The zero-order chi connectivity index (χ0) is 11.3. The monoisotopic (exact) mass is 215 g/mol. The molecule has 1 rings (SSSR count). The quantitative estimate of drug-likeness (QED) is 0.731. The minimum atomic E-state index is -0.570. The second kappa shape index (κ2) is 5.83. The highest BCUT2D eigenvalue weighted by Gasteiger charge is 2.23. The van der Waals surface area contributed by atoms with Gasteiger partial charge in [0.2, 0.25) is 0 Å². The van der Waals surface area contributed by atoms with Crippen LogP contribution in [0.5, 0.6) is 0 Å². The Labute approximate surface area is 93.2 Å². The Bertz CT molecular complexity index is 176. The van der Waals surface area contributed by atoms with Crippen molar-refractivity contribution in [1.82, 2.24) is 5.32 Å². The van der Waals surface area contributed by atoms with E-state index in [-0.39, 0.29) is 0 Å². The van der Waals surface area contributed by atoms with Crippen LogP contribution in [0.15, 0.2) is 0 Å². The van der Waals surface area contributed by atoms with Crippen LogP contribution >= 0.6 is 0 Å². The van der Waals surface area contributed by atoms with Gasteiger partial charge < -0.3 is 15.2 Å². The van der Waals surface area contributed by atoms with Gasteiger partial charge in [-0.1, -0.05) is 6.92 Å². The van der Waals surface area contributed by atoms with Gasteiger partial charge in [-0.05, 0) is 39.0 Å². The fourth-order valence-electron chi connectivity index (χ4n) is 1.89. The minimum Gasteiger partial charge on any atom is -0.389 e. The van der Waals surface area contributed by atoms with E-state index < -0.39 is 5.60 Å². The molecular formula is C12H25NO2. The van der Waals surface area contributed by atoms with Crippen molar-refractivity contribution in [3.8, 4) is 0 Å². The summed E-state index contributed by atoms with van der Waals surface area (Å²) in [5.41, 5.74) is -0.570. The van der Waals surface area contributed by atoms with Crippen LogP contribution in [-0.2, 0) is 4.74 Å². The summed E-state index contributed by atoms with van der Waals surface area (Å²) in [6.07, 6.45) is 3.07. The zero-order valence-electron chi connectivity index (χ0n) is 10.3. The average molecular weight is 215 g/mol. The van der Waals surface area contributed by atoms with E-state index in [2.05, 4.69) is 12.2 Å². The van der Waals surface area contributed by atoms with Crippen molar-refractivity contribution < 1.29 is 9.84 Å². The average Bonchev–Trinajstić information content (AvgIpc) is 2.27. The molecule has 2 unspecified atom stereocenters. The van der Waals surface area contributed by atoms with Crippen LogP contribution in [0.2, 0.25) is 0 Å². The highest BCUT2D eigenvalue weighted by atomic mass is 16.5. The molecule has 1 fully saturated rings. The van der Waals surface area contributed by atoms with Gasteiger partial charge in [0.25, 0.3) is 0 Å². The predicted octanol–water partition coefficient (Wildman–Crippen LogP) is 1.55. The second-order valence-electron chi connectivity index (χ2n) is 4.97. The Morgan fingerprint density at radius 3 is 2.60 bits per heavy atom. The fourth-order valence-corrected chi connectivity index (χ4v) is 1.89. The molecule has 1 heterocycles. The van der Waals surface area contributed by atoms with Crippen LogP contribution in [0.4, 0.5) is 0 Å². The van der Waals surface area contributed by atoms with Crippen LogP contribution in [0.25, 0.3) is 0 Å². The topological polar surface area (TPSA) is 41.5 Å². The number of ether oxygens (including phenoxy) is 1. The van der Waals surface area contributed by atoms with Crippen LogP contribution in [-0.4, -0.2) is 36.5 Å². The molecule has 90 valence electrons. The molecule has 0 bridgehead atoms. The van der Waals surface area contributed by atoms with E-state index in [0.717, 1.165) is 32.5 Å². The van der Waals surface area contributed by atoms with E-state index in [0.29, 0.717) is 18.5 Å². The van der Waals surface area contributed by atoms with Crippen molar-refractivity contribution in [2.24, 2.45) is 5.92 Å². The molecule has 0 amide bonds. The summed E-state index contributed by atoms with van der Waals surface area (Å²) in [5, 5.41) is 13.3. The number of hydrogen-bond donors (Lipinski definition) is 2. The van der Waals surface area contributed by atoms with E-state index in [9.17, 15) is 5.11 Å². The maximum absolute atomic E-state index is 9.88. The van der Waals surface area contributed by atoms with Gasteiger partial charge in [0.1, 0.15) is 0 Å². The van der Waals surface area contributed by atoms with Crippen molar-refractivity contribution in [3.05, 3.63) is 0 Å². The maximum Gasteiger partial charge on any atom is 0.0741 e. The fraction of sp³-hybridized carbons (Fsp3) is 1.00. The molecule has 1 aliphatic heterocycles. The molecule has 0 aromatic carbocycles. The smallest absolute Gasteiger partial charge is 0.0741 e. The molecule has 2 N–H and O–H groups in total. The Hall–Kier alpha value is -0.120. The first kappa shape index (κ1) is 12.9. The zero-order valence-corrected chi connectivity index (χ0v) is 10.3. The minimum absolute atomic E-state index is 0.479. The summed E-state index contributed by atoms with van der Waals surface area (Å²) in [5.74, 6) is 0.700. The van der Waals surface area contributed by atoms with Gasteiger partial charge in [0.15, 0.2) is 0 Å². The van der Waals surface area contributed by atoms with Crippen molar-refractivity contribution in [1.29, 1.82) is 0 Å². The normalized spacial score (nSPS) is 24.8. The summed E-state index contributed by atoms with van der Waals surface area (Å²) in [6.45, 7) is 8.57. The van der Waals surface area contributed by atoms with E-state index in [1.54, 1.807) is 0 Å². The molecule has 3 heteroatoms. The third-order valence-corrected chi connectivity index (χ3v) is 3.54. The highest BCUT2D eigenvalue weighted by molar-refractivity contribution is 4.80. The van der Waals surface area contributed by atoms with Gasteiger partial charge in [0, 0.05) is 25.8 Å². The molecule has 1 aliphatic rings. The van der Waals surface area contributed by atoms with Crippen molar-refractivity contribution >= 4 is 0 Å².